The van der Waals surface area contributed by atoms with Crippen LogP contribution < -0.4 is 5.32 Å². The van der Waals surface area contributed by atoms with E-state index in [4.69, 9.17) is 0 Å². The lowest BCUT2D eigenvalue weighted by molar-refractivity contribution is -0.140. The molecule has 1 N–H and O–H groups in total. The lowest BCUT2D eigenvalue weighted by atomic mass is 10.1. The maximum Gasteiger partial charge on any atom is 0.306 e. The topological polar surface area (TPSA) is 72.5 Å². The number of carbonyl (C=O) groups excluding carboxylic acids is 1. The Bertz CT molecular complexity index is 380. The summed E-state index contributed by atoms with van der Waals surface area (Å²) in [5, 5.41) is 2.99. The normalized spacial score (nSPS) is 28.3. The zero-order valence-electron chi connectivity index (χ0n) is 11.3. The van der Waals surface area contributed by atoms with Gasteiger partial charge in [0.1, 0.15) is 0 Å². The Morgan fingerprint density at radius 1 is 1.39 bits per heavy atom. The van der Waals surface area contributed by atoms with Crippen LogP contribution in [0.5, 0.6) is 0 Å². The van der Waals surface area contributed by atoms with Gasteiger partial charge in [0.05, 0.1) is 24.5 Å². The smallest absolute Gasteiger partial charge is 0.306 e. The fraction of sp³-hybridized carbons (Fsp3) is 0.917. The number of rotatable bonds is 6. The molecular weight excluding hydrogens is 254 g/mol. The summed E-state index contributed by atoms with van der Waals surface area (Å²) in [6, 6.07) is 0.271. The molecule has 0 radical (unpaired) electrons. The van der Waals surface area contributed by atoms with Crippen LogP contribution in [0.3, 0.4) is 0 Å². The lowest BCUT2D eigenvalue weighted by Crippen LogP contribution is -2.37. The fourth-order valence-electron chi connectivity index (χ4n) is 2.66. The van der Waals surface area contributed by atoms with Crippen molar-refractivity contribution in [3.05, 3.63) is 0 Å². The summed E-state index contributed by atoms with van der Waals surface area (Å²) in [6.45, 7) is 4.84. The van der Waals surface area contributed by atoms with E-state index in [0.29, 0.717) is 6.42 Å². The van der Waals surface area contributed by atoms with E-state index < -0.39 is 15.8 Å². The minimum atomic E-state index is -3.21. The van der Waals surface area contributed by atoms with Gasteiger partial charge in [-0.25, -0.2) is 8.42 Å². The number of nitrogens with one attached hydrogen (secondary N) is 1. The first kappa shape index (κ1) is 15.4. The molecule has 0 amide bonds. The molecule has 3 atom stereocenters. The monoisotopic (exact) mass is 277 g/mol. The molecule has 0 aromatic carbocycles. The number of methoxy groups -OCH3 is 1. The number of hydrogen-bond acceptors (Lipinski definition) is 5. The molecule has 0 aliphatic heterocycles. The van der Waals surface area contributed by atoms with Gasteiger partial charge >= 0.3 is 5.97 Å². The number of hydrogen-bond donors (Lipinski definition) is 1. The van der Waals surface area contributed by atoms with Crippen LogP contribution in [-0.4, -0.2) is 45.1 Å². The summed E-state index contributed by atoms with van der Waals surface area (Å²) in [6.07, 6.45) is 1.52. The number of sulfone groups is 1. The average Bonchev–Trinajstić information content (AvgIpc) is 2.69. The van der Waals surface area contributed by atoms with Gasteiger partial charge in [-0.2, -0.15) is 0 Å². The standard InChI is InChI=1S/C12H23NO4S/c1-4-13-10-5-6-11(9(10)2)18(15,16)8-7-12(14)17-3/h9-11,13H,4-8H2,1-3H3. The van der Waals surface area contributed by atoms with Crippen molar-refractivity contribution in [2.75, 3.05) is 19.4 Å². The van der Waals surface area contributed by atoms with Gasteiger partial charge in [0.15, 0.2) is 9.84 Å². The maximum absolute atomic E-state index is 12.2. The van der Waals surface area contributed by atoms with E-state index in [1.54, 1.807) is 0 Å². The second-order valence-corrected chi connectivity index (χ2v) is 7.17. The minimum absolute atomic E-state index is 0.0477. The van der Waals surface area contributed by atoms with Gasteiger partial charge in [0, 0.05) is 6.04 Å². The van der Waals surface area contributed by atoms with Gasteiger partial charge < -0.3 is 10.1 Å². The van der Waals surface area contributed by atoms with Gasteiger partial charge in [-0.05, 0) is 25.3 Å². The SMILES string of the molecule is CCNC1CCC(S(=O)(=O)CCC(=O)OC)C1C. The first-order valence-corrected chi connectivity index (χ1v) is 8.15. The van der Waals surface area contributed by atoms with E-state index in [2.05, 4.69) is 10.1 Å². The molecule has 18 heavy (non-hydrogen) atoms. The Hall–Kier alpha value is -0.620. The predicted molar refractivity (Wildman–Crippen MR) is 70.1 cm³/mol. The maximum atomic E-state index is 12.2. The highest BCUT2D eigenvalue weighted by molar-refractivity contribution is 7.92. The van der Waals surface area contributed by atoms with E-state index >= 15 is 0 Å². The van der Waals surface area contributed by atoms with E-state index in [1.165, 1.54) is 7.11 Å². The first-order valence-electron chi connectivity index (χ1n) is 6.44. The van der Waals surface area contributed by atoms with Crippen molar-refractivity contribution in [2.24, 2.45) is 5.92 Å². The van der Waals surface area contributed by atoms with Crippen LogP contribution in [-0.2, 0) is 19.4 Å². The molecule has 0 aromatic rings. The number of ether oxygens (including phenoxy) is 1. The molecule has 0 saturated heterocycles. The highest BCUT2D eigenvalue weighted by Gasteiger charge is 2.40. The predicted octanol–water partition coefficient (Wildman–Crippen LogP) is 0.741. The van der Waals surface area contributed by atoms with Crippen LogP contribution in [0.15, 0.2) is 0 Å². The summed E-state index contributed by atoms with van der Waals surface area (Å²) in [5.41, 5.74) is 0. The van der Waals surface area contributed by atoms with Gasteiger partial charge in [0.2, 0.25) is 0 Å². The Morgan fingerprint density at radius 3 is 2.61 bits per heavy atom. The third-order valence-corrected chi connectivity index (χ3v) is 6.09. The van der Waals surface area contributed by atoms with E-state index in [9.17, 15) is 13.2 Å². The third kappa shape index (κ3) is 3.68. The quantitative estimate of drug-likeness (QED) is 0.725. The molecule has 0 aromatic heterocycles. The van der Waals surface area contributed by atoms with Crippen molar-refractivity contribution in [1.29, 1.82) is 0 Å². The molecular formula is C12H23NO4S. The molecule has 1 aliphatic carbocycles. The molecule has 1 saturated carbocycles. The lowest BCUT2D eigenvalue weighted by Gasteiger charge is -2.21. The van der Waals surface area contributed by atoms with E-state index in [-0.39, 0.29) is 29.4 Å². The summed E-state index contributed by atoms with van der Waals surface area (Å²) >= 11 is 0. The van der Waals surface area contributed by atoms with Crippen molar-refractivity contribution in [1.82, 2.24) is 5.32 Å². The fourth-order valence-corrected chi connectivity index (χ4v) is 4.76. The number of carbonyl (C=O) groups is 1. The minimum Gasteiger partial charge on any atom is -0.469 e. The van der Waals surface area contributed by atoms with Crippen LogP contribution in [0, 0.1) is 5.92 Å². The molecule has 1 rings (SSSR count). The van der Waals surface area contributed by atoms with Crippen molar-refractivity contribution < 1.29 is 17.9 Å². The van der Waals surface area contributed by atoms with Crippen molar-refractivity contribution >= 4 is 15.8 Å². The molecule has 5 nitrogen and oxygen atoms in total. The van der Waals surface area contributed by atoms with Crippen LogP contribution in [0.25, 0.3) is 0 Å². The molecule has 6 heteroatoms. The summed E-state index contributed by atoms with van der Waals surface area (Å²) in [4.78, 5) is 11.0. The largest absolute Gasteiger partial charge is 0.469 e. The van der Waals surface area contributed by atoms with Gasteiger partial charge in [-0.1, -0.05) is 13.8 Å². The second-order valence-electron chi connectivity index (χ2n) is 4.83. The van der Waals surface area contributed by atoms with Crippen molar-refractivity contribution in [3.63, 3.8) is 0 Å². The Balaban J connectivity index is 2.61. The molecule has 0 heterocycles. The Morgan fingerprint density at radius 2 is 2.06 bits per heavy atom. The van der Waals surface area contributed by atoms with Crippen LogP contribution in [0.1, 0.15) is 33.1 Å². The highest BCUT2D eigenvalue weighted by atomic mass is 32.2. The molecule has 1 fully saturated rings. The highest BCUT2D eigenvalue weighted by Crippen LogP contribution is 2.31. The average molecular weight is 277 g/mol. The summed E-state index contributed by atoms with van der Waals surface area (Å²) in [5.74, 6) is -0.465. The molecule has 0 spiro atoms. The summed E-state index contributed by atoms with van der Waals surface area (Å²) < 4.78 is 28.8. The van der Waals surface area contributed by atoms with Gasteiger partial charge in [-0.3, -0.25) is 4.79 Å². The first-order chi connectivity index (χ1) is 8.42. The molecule has 0 bridgehead atoms. The Labute approximate surface area is 109 Å². The molecule has 1 aliphatic rings. The van der Waals surface area contributed by atoms with Crippen LogP contribution in [0.4, 0.5) is 0 Å². The zero-order valence-corrected chi connectivity index (χ0v) is 12.1. The Kier molecular flexibility index (Phi) is 5.59. The third-order valence-electron chi connectivity index (χ3n) is 3.73. The van der Waals surface area contributed by atoms with Crippen LogP contribution >= 0.6 is 0 Å². The summed E-state index contributed by atoms with van der Waals surface area (Å²) in [7, 11) is -1.93. The molecule has 3 unspecified atom stereocenters. The van der Waals surface area contributed by atoms with E-state index in [0.717, 1.165) is 13.0 Å². The second kappa shape index (κ2) is 6.52. The number of esters is 1. The van der Waals surface area contributed by atoms with Gasteiger partial charge in [0.25, 0.3) is 0 Å². The van der Waals surface area contributed by atoms with Crippen molar-refractivity contribution in [2.45, 2.75) is 44.4 Å². The van der Waals surface area contributed by atoms with E-state index in [1.807, 2.05) is 13.8 Å². The van der Waals surface area contributed by atoms with Crippen LogP contribution in [0.2, 0.25) is 0 Å². The van der Waals surface area contributed by atoms with Gasteiger partial charge in [-0.15, -0.1) is 0 Å². The molecule has 106 valence electrons. The van der Waals surface area contributed by atoms with Crippen molar-refractivity contribution in [3.8, 4) is 0 Å². The zero-order chi connectivity index (χ0) is 13.8.